The smallest absolute Gasteiger partial charge is 0.125 e. The molecule has 0 unspecified atom stereocenters. The van der Waals surface area contributed by atoms with Crippen molar-refractivity contribution >= 4 is 17.3 Å². The van der Waals surface area contributed by atoms with Crippen LogP contribution in [-0.2, 0) is 6.61 Å². The van der Waals surface area contributed by atoms with E-state index < -0.39 is 0 Å². The minimum atomic E-state index is -0.361. The van der Waals surface area contributed by atoms with Crippen molar-refractivity contribution in [2.24, 2.45) is 0 Å². The summed E-state index contributed by atoms with van der Waals surface area (Å²) in [5.74, 6) is 0.317. The molecular weight excluding hydrogens is 241 g/mol. The van der Waals surface area contributed by atoms with Gasteiger partial charge in [-0.25, -0.2) is 4.39 Å². The van der Waals surface area contributed by atoms with Crippen molar-refractivity contribution in [1.29, 1.82) is 0 Å². The van der Waals surface area contributed by atoms with Crippen LogP contribution < -0.4 is 10.5 Å². The number of anilines is 1. The highest BCUT2D eigenvalue weighted by atomic mass is 35.5. The molecule has 0 aromatic heterocycles. The van der Waals surface area contributed by atoms with Crippen molar-refractivity contribution < 1.29 is 9.13 Å². The van der Waals surface area contributed by atoms with Crippen LogP contribution in [0, 0.1) is 5.82 Å². The Bertz CT molecular complexity index is 493. The van der Waals surface area contributed by atoms with Gasteiger partial charge in [0.1, 0.15) is 18.2 Å². The van der Waals surface area contributed by atoms with Gasteiger partial charge in [0.25, 0.3) is 0 Å². The van der Waals surface area contributed by atoms with Gasteiger partial charge in [0.05, 0.1) is 0 Å². The van der Waals surface area contributed by atoms with Crippen LogP contribution in [0.4, 0.5) is 10.1 Å². The van der Waals surface area contributed by atoms with E-state index in [4.69, 9.17) is 22.1 Å². The summed E-state index contributed by atoms with van der Waals surface area (Å²) in [6, 6.07) is 11.3. The molecule has 88 valence electrons. The SMILES string of the molecule is Nc1cc(F)cc(COc2ccc(Cl)cc2)c1. The number of rotatable bonds is 3. The average Bonchev–Trinajstić information content (AvgIpc) is 2.27. The first-order valence-electron chi connectivity index (χ1n) is 5.07. The molecule has 0 bridgehead atoms. The van der Waals surface area contributed by atoms with Crippen molar-refractivity contribution in [3.8, 4) is 5.75 Å². The molecule has 0 aliphatic heterocycles. The maximum absolute atomic E-state index is 13.1. The van der Waals surface area contributed by atoms with E-state index in [0.717, 1.165) is 0 Å². The normalized spacial score (nSPS) is 10.2. The predicted octanol–water partition coefficient (Wildman–Crippen LogP) is 3.64. The van der Waals surface area contributed by atoms with E-state index in [1.165, 1.54) is 12.1 Å². The maximum atomic E-state index is 13.1. The summed E-state index contributed by atoms with van der Waals surface area (Å²) in [4.78, 5) is 0. The molecule has 2 nitrogen and oxygen atoms in total. The van der Waals surface area contributed by atoms with E-state index in [9.17, 15) is 4.39 Å². The van der Waals surface area contributed by atoms with Crippen LogP contribution >= 0.6 is 11.6 Å². The lowest BCUT2D eigenvalue weighted by Gasteiger charge is -2.07. The van der Waals surface area contributed by atoms with E-state index in [0.29, 0.717) is 22.0 Å². The molecule has 2 rings (SSSR count). The third kappa shape index (κ3) is 3.36. The Kier molecular flexibility index (Phi) is 3.49. The van der Waals surface area contributed by atoms with Crippen molar-refractivity contribution in [2.45, 2.75) is 6.61 Å². The molecule has 0 saturated heterocycles. The summed E-state index contributed by atoms with van der Waals surface area (Å²) in [5.41, 5.74) is 6.62. The zero-order valence-corrected chi connectivity index (χ0v) is 9.75. The number of nitrogen functional groups attached to an aromatic ring is 1. The summed E-state index contributed by atoms with van der Waals surface area (Å²) in [6.07, 6.45) is 0. The van der Waals surface area contributed by atoms with Crippen LogP contribution in [0.2, 0.25) is 5.02 Å². The topological polar surface area (TPSA) is 35.2 Å². The zero-order chi connectivity index (χ0) is 12.3. The first kappa shape index (κ1) is 11.7. The van der Waals surface area contributed by atoms with Gasteiger partial charge in [-0.05, 0) is 48.0 Å². The van der Waals surface area contributed by atoms with Gasteiger partial charge in [-0.1, -0.05) is 11.6 Å². The van der Waals surface area contributed by atoms with Gasteiger partial charge < -0.3 is 10.5 Å². The number of benzene rings is 2. The Morgan fingerprint density at radius 3 is 2.47 bits per heavy atom. The number of hydrogen-bond acceptors (Lipinski definition) is 2. The lowest BCUT2D eigenvalue weighted by atomic mass is 10.2. The summed E-state index contributed by atoms with van der Waals surface area (Å²) in [6.45, 7) is 0.267. The number of hydrogen-bond donors (Lipinski definition) is 1. The molecule has 2 aromatic carbocycles. The summed E-state index contributed by atoms with van der Waals surface area (Å²) in [5, 5.41) is 0.646. The van der Waals surface area contributed by atoms with E-state index in [-0.39, 0.29) is 12.4 Å². The highest BCUT2D eigenvalue weighted by molar-refractivity contribution is 6.30. The van der Waals surface area contributed by atoms with Gasteiger partial charge in [0, 0.05) is 10.7 Å². The molecule has 17 heavy (non-hydrogen) atoms. The second kappa shape index (κ2) is 5.06. The summed E-state index contributed by atoms with van der Waals surface area (Å²) in [7, 11) is 0. The fourth-order valence-electron chi connectivity index (χ4n) is 1.46. The Labute approximate surface area is 104 Å². The van der Waals surface area contributed by atoms with Crippen LogP contribution in [0.5, 0.6) is 5.75 Å². The largest absolute Gasteiger partial charge is 0.489 e. The summed E-state index contributed by atoms with van der Waals surface area (Å²) < 4.78 is 18.5. The molecule has 0 aliphatic carbocycles. The fourth-order valence-corrected chi connectivity index (χ4v) is 1.58. The van der Waals surface area contributed by atoms with Gasteiger partial charge in [-0.15, -0.1) is 0 Å². The van der Waals surface area contributed by atoms with Crippen molar-refractivity contribution in [3.63, 3.8) is 0 Å². The van der Waals surface area contributed by atoms with E-state index in [1.807, 2.05) is 0 Å². The van der Waals surface area contributed by atoms with Gasteiger partial charge in [-0.2, -0.15) is 0 Å². The fraction of sp³-hybridized carbons (Fsp3) is 0.0769. The first-order chi connectivity index (χ1) is 8.13. The Morgan fingerprint density at radius 1 is 1.12 bits per heavy atom. The van der Waals surface area contributed by atoms with Crippen LogP contribution in [-0.4, -0.2) is 0 Å². The molecule has 4 heteroatoms. The third-order valence-corrected chi connectivity index (χ3v) is 2.45. The van der Waals surface area contributed by atoms with Crippen molar-refractivity contribution in [3.05, 3.63) is 58.9 Å². The Balaban J connectivity index is 2.04. The highest BCUT2D eigenvalue weighted by Crippen LogP contribution is 2.18. The van der Waals surface area contributed by atoms with Gasteiger partial charge >= 0.3 is 0 Å². The molecular formula is C13H11ClFNO. The van der Waals surface area contributed by atoms with Gasteiger partial charge in [0.15, 0.2) is 0 Å². The minimum Gasteiger partial charge on any atom is -0.489 e. The van der Waals surface area contributed by atoms with Crippen LogP contribution in [0.15, 0.2) is 42.5 Å². The van der Waals surface area contributed by atoms with Crippen LogP contribution in [0.25, 0.3) is 0 Å². The van der Waals surface area contributed by atoms with Crippen LogP contribution in [0.1, 0.15) is 5.56 Å². The molecule has 0 atom stereocenters. The second-order valence-corrected chi connectivity index (χ2v) is 4.07. The second-order valence-electron chi connectivity index (χ2n) is 3.64. The highest BCUT2D eigenvalue weighted by Gasteiger charge is 2.00. The van der Waals surface area contributed by atoms with Gasteiger partial charge in [-0.3, -0.25) is 0 Å². The summed E-state index contributed by atoms with van der Waals surface area (Å²) >= 11 is 5.75. The molecule has 0 spiro atoms. The Hall–Kier alpha value is -1.74. The molecule has 0 aliphatic rings. The first-order valence-corrected chi connectivity index (χ1v) is 5.44. The third-order valence-electron chi connectivity index (χ3n) is 2.20. The van der Waals surface area contributed by atoms with Gasteiger partial charge in [0.2, 0.25) is 0 Å². The van der Waals surface area contributed by atoms with Crippen molar-refractivity contribution in [1.82, 2.24) is 0 Å². The van der Waals surface area contributed by atoms with Crippen LogP contribution in [0.3, 0.4) is 0 Å². The van der Waals surface area contributed by atoms with E-state index in [1.54, 1.807) is 30.3 Å². The Morgan fingerprint density at radius 2 is 1.82 bits per heavy atom. The molecule has 0 heterocycles. The molecule has 0 saturated carbocycles. The van der Waals surface area contributed by atoms with E-state index >= 15 is 0 Å². The molecule has 2 aromatic rings. The monoisotopic (exact) mass is 251 g/mol. The molecule has 0 amide bonds. The lowest BCUT2D eigenvalue weighted by molar-refractivity contribution is 0.305. The maximum Gasteiger partial charge on any atom is 0.125 e. The zero-order valence-electron chi connectivity index (χ0n) is 8.99. The number of nitrogens with two attached hydrogens (primary N) is 1. The average molecular weight is 252 g/mol. The predicted molar refractivity (Wildman–Crippen MR) is 66.6 cm³/mol. The molecule has 2 N–H and O–H groups in total. The lowest BCUT2D eigenvalue weighted by Crippen LogP contribution is -1.97. The molecule has 0 fully saturated rings. The standard InChI is InChI=1S/C13H11ClFNO/c14-10-1-3-13(4-2-10)17-8-9-5-11(15)7-12(16)6-9/h1-7H,8,16H2. The number of ether oxygens (including phenoxy) is 1. The quantitative estimate of drug-likeness (QED) is 0.846. The van der Waals surface area contributed by atoms with E-state index in [2.05, 4.69) is 0 Å². The minimum absolute atomic E-state index is 0.267. The number of halogens is 2. The molecule has 0 radical (unpaired) electrons. The van der Waals surface area contributed by atoms with Crippen molar-refractivity contribution in [2.75, 3.05) is 5.73 Å².